The molecule has 6 aromatic rings. The molecule has 0 atom stereocenters. The number of methoxy groups -OCH3 is 2. The average molecular weight is 1070 g/mol. The molecule has 0 aromatic heterocycles. The van der Waals surface area contributed by atoms with Crippen LogP contribution in [0.4, 0.5) is 45.5 Å². The van der Waals surface area contributed by atoms with Gasteiger partial charge in [-0.3, -0.25) is 18.2 Å². The molecule has 6 aromatic carbocycles. The molecule has 0 saturated heterocycles. The van der Waals surface area contributed by atoms with Gasteiger partial charge in [-0.2, -0.15) is 33.7 Å². The van der Waals surface area contributed by atoms with Gasteiger partial charge in [-0.15, -0.1) is 20.5 Å². The summed E-state index contributed by atoms with van der Waals surface area (Å²) < 4.78 is 144. The summed E-state index contributed by atoms with van der Waals surface area (Å²) in [4.78, 5) is -3.23. The van der Waals surface area contributed by atoms with Gasteiger partial charge < -0.3 is 40.3 Å². The molecule has 8 N–H and O–H groups in total. The molecule has 72 heavy (non-hydrogen) atoms. The van der Waals surface area contributed by atoms with Gasteiger partial charge in [0.05, 0.1) is 35.1 Å². The largest absolute Gasteiger partial charge is 0.594 e. The van der Waals surface area contributed by atoms with Gasteiger partial charge in [-0.25, -0.2) is 0 Å². The van der Waals surface area contributed by atoms with Gasteiger partial charge in [0.1, 0.15) is 55.5 Å². The van der Waals surface area contributed by atoms with Gasteiger partial charge in [0, 0.05) is 46.6 Å². The Morgan fingerprint density at radius 1 is 0.417 bits per heavy atom. The first kappa shape index (κ1) is 52.9. The first-order chi connectivity index (χ1) is 33.6. The van der Waals surface area contributed by atoms with E-state index in [1.54, 1.807) is 0 Å². The van der Waals surface area contributed by atoms with Crippen LogP contribution in [0.15, 0.2) is 147 Å². The van der Waals surface area contributed by atoms with E-state index in [9.17, 15) is 82.7 Å². The Morgan fingerprint density at radius 2 is 0.708 bits per heavy atom. The molecular weight excluding hydrogens is 1040 g/mol. The van der Waals surface area contributed by atoms with Gasteiger partial charge in [-0.1, -0.05) is 0 Å². The SMILES string of the molecule is COc1cc(N=Nc2cc(S(=O)(=O)O)ccc2O)c(O)cc1N=[N+]([O-])c1cc(S(=O)(=O)O)ccc1/C=C/c1ccc(S(=O)(=O)O)cc1[N+]([O-])=Nc1cc(O)c(N=Nc2cc(S(=O)(=O)O)ccc2O)cc1OC. The van der Waals surface area contributed by atoms with Gasteiger partial charge in [0.25, 0.3) is 51.8 Å². The maximum atomic E-state index is 13.8. The maximum absolute atomic E-state index is 13.8. The summed E-state index contributed by atoms with van der Waals surface area (Å²) >= 11 is 0. The highest BCUT2D eigenvalue weighted by Gasteiger charge is 2.23. The number of benzene rings is 6. The molecule has 0 bridgehead atoms. The number of hydrogen-bond donors (Lipinski definition) is 8. The smallest absolute Gasteiger partial charge is 0.294 e. The molecule has 0 aliphatic carbocycles. The fourth-order valence-corrected chi connectivity index (χ4v) is 7.91. The number of ether oxygens (including phenoxy) is 2. The molecule has 376 valence electrons. The lowest BCUT2D eigenvalue weighted by atomic mass is 10.1. The average Bonchev–Trinajstić information content (AvgIpc) is 3.29. The van der Waals surface area contributed by atoms with E-state index in [1.807, 2.05) is 0 Å². The number of nitrogens with zero attached hydrogens (tertiary/aromatic N) is 8. The highest BCUT2D eigenvalue weighted by atomic mass is 32.2. The Kier molecular flexibility index (Phi) is 15.0. The summed E-state index contributed by atoms with van der Waals surface area (Å²) in [5.41, 5.74) is -4.18. The summed E-state index contributed by atoms with van der Waals surface area (Å²) in [6, 6.07) is 14.0. The third-order valence-corrected chi connectivity index (χ3v) is 12.8. The molecule has 28 nitrogen and oxygen atoms in total. The monoisotopic (exact) mass is 1070 g/mol. The second kappa shape index (κ2) is 20.5. The van der Waals surface area contributed by atoms with Crippen LogP contribution in [0.3, 0.4) is 0 Å². The predicted molar refractivity (Wildman–Crippen MR) is 246 cm³/mol. The van der Waals surface area contributed by atoms with Crippen molar-refractivity contribution >= 4 is 98.1 Å². The lowest BCUT2D eigenvalue weighted by molar-refractivity contribution is -0.435. The molecule has 0 aliphatic heterocycles. The number of rotatable bonds is 16. The standard InChI is InChI=1S/C40H32N8O20S4/c1-67-39-19-29(43-41-27-13-23(69(55,56)57)9-11-35(27)49)37(51)17-31(39)45-47(53)33-15-25(71(61,62)63)7-5-21(33)3-4-22-6-8-26(72(64,65)66)16-34(22)48(54)46-32-18-38(52)30(20-40(32)68-2)44-42-28-14-24(70(58,59)60)10-12-36(28)50/h3-20,49-52H,1-2H3,(H,55,56,57)(H,58,59,60)(H,61,62,63)(H,64,65,66)/b4-3+,43-41?,44-42?,47-45?,48-46?. The molecule has 0 saturated carbocycles. The minimum absolute atomic E-state index is 0.162. The number of hydrogen-bond acceptors (Lipinski definition) is 22. The third kappa shape index (κ3) is 12.4. The summed E-state index contributed by atoms with van der Waals surface area (Å²) in [6.07, 6.45) is 2.20. The van der Waals surface area contributed by atoms with Gasteiger partial charge >= 0.3 is 0 Å². The van der Waals surface area contributed by atoms with Crippen LogP contribution in [-0.2, 0) is 40.5 Å². The predicted octanol–water partition coefficient (Wildman–Crippen LogP) is 8.37. The molecule has 0 radical (unpaired) electrons. The van der Waals surface area contributed by atoms with Crippen LogP contribution in [-0.4, -0.2) is 96.2 Å². The van der Waals surface area contributed by atoms with Crippen LogP contribution in [0.1, 0.15) is 11.1 Å². The zero-order valence-corrected chi connectivity index (χ0v) is 39.3. The van der Waals surface area contributed by atoms with E-state index in [4.69, 9.17) is 9.47 Å². The molecule has 32 heteroatoms. The van der Waals surface area contributed by atoms with E-state index in [0.717, 1.165) is 111 Å². The second-order valence-corrected chi connectivity index (χ2v) is 19.8. The highest BCUT2D eigenvalue weighted by molar-refractivity contribution is 7.86. The third-order valence-electron chi connectivity index (χ3n) is 9.42. The second-order valence-electron chi connectivity index (χ2n) is 14.1. The number of aromatic hydroxyl groups is 4. The van der Waals surface area contributed by atoms with E-state index in [0.29, 0.717) is 12.1 Å². The molecule has 0 amide bonds. The summed E-state index contributed by atoms with van der Waals surface area (Å²) in [5.74, 6) is -3.16. The highest BCUT2D eigenvalue weighted by Crippen LogP contribution is 2.43. The van der Waals surface area contributed by atoms with Crippen molar-refractivity contribution < 1.29 is 91.5 Å². The van der Waals surface area contributed by atoms with Crippen molar-refractivity contribution in [1.82, 2.24) is 0 Å². The van der Waals surface area contributed by atoms with Crippen molar-refractivity contribution in [2.24, 2.45) is 30.7 Å². The van der Waals surface area contributed by atoms with Crippen LogP contribution >= 0.6 is 0 Å². The quantitative estimate of drug-likeness (QED) is 0.0148. The van der Waals surface area contributed by atoms with E-state index in [2.05, 4.69) is 30.7 Å². The minimum atomic E-state index is -4.99. The zero-order valence-electron chi connectivity index (χ0n) is 36.1. The van der Waals surface area contributed by atoms with Crippen LogP contribution in [0.25, 0.3) is 12.2 Å². The molecule has 0 fully saturated rings. The van der Waals surface area contributed by atoms with Crippen molar-refractivity contribution in [2.75, 3.05) is 14.2 Å². The van der Waals surface area contributed by atoms with Crippen LogP contribution < -0.4 is 9.47 Å². The number of phenols is 4. The van der Waals surface area contributed by atoms with Crippen molar-refractivity contribution in [2.45, 2.75) is 19.6 Å². The van der Waals surface area contributed by atoms with Crippen molar-refractivity contribution in [3.05, 3.63) is 119 Å². The lowest BCUT2D eigenvalue weighted by Crippen LogP contribution is -2.02. The van der Waals surface area contributed by atoms with Crippen molar-refractivity contribution in [1.29, 1.82) is 0 Å². The van der Waals surface area contributed by atoms with Crippen LogP contribution in [0, 0.1) is 10.4 Å². The van der Waals surface area contributed by atoms with E-state index in [1.165, 1.54) is 0 Å². The Morgan fingerprint density at radius 3 is 1.01 bits per heavy atom. The summed E-state index contributed by atoms with van der Waals surface area (Å²) in [7, 11) is -17.2. The van der Waals surface area contributed by atoms with Gasteiger partial charge in [0.15, 0.2) is 22.9 Å². The number of phenolic OH excluding ortho intramolecular Hbond substituents is 4. The molecule has 0 unspecified atom stereocenters. The molecule has 0 aliphatic rings. The first-order valence-corrected chi connectivity index (χ1v) is 24.9. The van der Waals surface area contributed by atoms with Crippen LogP contribution in [0.2, 0.25) is 0 Å². The van der Waals surface area contributed by atoms with E-state index < -0.39 is 117 Å². The molecular formula is C40H32N8O20S4. The van der Waals surface area contributed by atoms with Crippen molar-refractivity contribution in [3.63, 3.8) is 0 Å². The van der Waals surface area contributed by atoms with Crippen LogP contribution in [0.5, 0.6) is 34.5 Å². The Bertz CT molecular complexity index is 3560. The van der Waals surface area contributed by atoms with Gasteiger partial charge in [0.2, 0.25) is 0 Å². The molecule has 0 heterocycles. The van der Waals surface area contributed by atoms with Crippen molar-refractivity contribution in [3.8, 4) is 34.5 Å². The Balaban J connectivity index is 1.40. The Labute approximate surface area is 405 Å². The summed E-state index contributed by atoms with van der Waals surface area (Å²) in [5, 5.41) is 91.9. The molecule has 6 rings (SSSR count). The minimum Gasteiger partial charge on any atom is -0.594 e. The van der Waals surface area contributed by atoms with E-state index >= 15 is 0 Å². The number of azo groups is 4. The maximum Gasteiger partial charge on any atom is 0.294 e. The normalized spacial score (nSPS) is 13.1. The zero-order chi connectivity index (χ0) is 53.1. The lowest BCUT2D eigenvalue weighted by Gasteiger charge is -2.09. The fourth-order valence-electron chi connectivity index (χ4n) is 5.90. The first-order valence-electron chi connectivity index (χ1n) is 19.1. The Hall–Kier alpha value is -8.50. The topological polar surface area (TPSA) is 443 Å². The fraction of sp³-hybridized carbons (Fsp3) is 0.0500. The summed E-state index contributed by atoms with van der Waals surface area (Å²) in [6.45, 7) is 0. The molecule has 0 spiro atoms. The van der Waals surface area contributed by atoms with E-state index in [-0.39, 0.29) is 43.7 Å². The van der Waals surface area contributed by atoms with Gasteiger partial charge in [-0.05, 0) is 82.5 Å².